The van der Waals surface area contributed by atoms with Crippen molar-refractivity contribution in [2.45, 2.75) is 26.2 Å². The Hall–Kier alpha value is -1.15. The van der Waals surface area contributed by atoms with Gasteiger partial charge in [-0.2, -0.15) is 0 Å². The Morgan fingerprint density at radius 1 is 1.31 bits per heavy atom. The Morgan fingerprint density at radius 2 is 2.12 bits per heavy atom. The molecule has 0 radical (unpaired) electrons. The van der Waals surface area contributed by atoms with Crippen LogP contribution in [0.5, 0.6) is 0 Å². The lowest BCUT2D eigenvalue weighted by molar-refractivity contribution is 0.635. The first kappa shape index (κ1) is 10.0. The SMILES string of the molecule is Cc1cc(F)c2nc3c(c(Cl)c2c1)CCC3. The quantitative estimate of drug-likeness (QED) is 0.676. The summed E-state index contributed by atoms with van der Waals surface area (Å²) < 4.78 is 13.8. The largest absolute Gasteiger partial charge is 0.249 e. The van der Waals surface area contributed by atoms with Crippen LogP contribution >= 0.6 is 11.6 Å². The molecule has 0 unspecified atom stereocenters. The molecule has 1 aliphatic rings. The summed E-state index contributed by atoms with van der Waals surface area (Å²) in [4.78, 5) is 4.40. The lowest BCUT2D eigenvalue weighted by Crippen LogP contribution is -1.95. The molecule has 16 heavy (non-hydrogen) atoms. The molecule has 1 nitrogen and oxygen atoms in total. The van der Waals surface area contributed by atoms with Crippen LogP contribution in [0.15, 0.2) is 12.1 Å². The highest BCUT2D eigenvalue weighted by Crippen LogP contribution is 2.34. The summed E-state index contributed by atoms with van der Waals surface area (Å²) in [7, 11) is 0. The molecule has 3 heteroatoms. The fourth-order valence-electron chi connectivity index (χ4n) is 2.40. The van der Waals surface area contributed by atoms with E-state index in [-0.39, 0.29) is 5.82 Å². The number of aromatic nitrogens is 1. The molecular weight excluding hydrogens is 225 g/mol. The maximum Gasteiger partial charge on any atom is 0.149 e. The Kier molecular flexibility index (Phi) is 2.15. The number of hydrogen-bond acceptors (Lipinski definition) is 1. The molecule has 1 aromatic heterocycles. The van der Waals surface area contributed by atoms with Gasteiger partial charge in [-0.3, -0.25) is 0 Å². The molecule has 0 saturated heterocycles. The summed E-state index contributed by atoms with van der Waals surface area (Å²) in [6.45, 7) is 1.87. The molecule has 0 saturated carbocycles. The van der Waals surface area contributed by atoms with Gasteiger partial charge in [0.25, 0.3) is 0 Å². The third-order valence-electron chi connectivity index (χ3n) is 3.14. The summed E-state index contributed by atoms with van der Waals surface area (Å²) in [5.41, 5.74) is 3.38. The van der Waals surface area contributed by atoms with Gasteiger partial charge in [0.1, 0.15) is 11.3 Å². The lowest BCUT2D eigenvalue weighted by atomic mass is 10.1. The van der Waals surface area contributed by atoms with Gasteiger partial charge in [0, 0.05) is 11.1 Å². The molecule has 0 spiro atoms. The summed E-state index contributed by atoms with van der Waals surface area (Å²) in [6, 6.07) is 3.42. The number of nitrogens with zero attached hydrogens (tertiary/aromatic N) is 1. The minimum Gasteiger partial charge on any atom is -0.249 e. The van der Waals surface area contributed by atoms with E-state index in [1.807, 2.05) is 13.0 Å². The van der Waals surface area contributed by atoms with E-state index in [0.29, 0.717) is 10.5 Å². The van der Waals surface area contributed by atoms with Crippen LogP contribution in [0.1, 0.15) is 23.2 Å². The first-order chi connectivity index (χ1) is 7.66. The third kappa shape index (κ3) is 1.33. The smallest absolute Gasteiger partial charge is 0.149 e. The Balaban J connectivity index is 2.46. The average Bonchev–Trinajstić information content (AvgIpc) is 2.68. The number of pyridine rings is 1. The van der Waals surface area contributed by atoms with E-state index in [4.69, 9.17) is 11.6 Å². The topological polar surface area (TPSA) is 12.9 Å². The van der Waals surface area contributed by atoms with Crippen molar-refractivity contribution in [1.29, 1.82) is 0 Å². The normalized spacial score (nSPS) is 14.4. The van der Waals surface area contributed by atoms with Crippen molar-refractivity contribution in [2.24, 2.45) is 0 Å². The number of benzene rings is 1. The molecule has 1 heterocycles. The number of rotatable bonds is 0. The zero-order chi connectivity index (χ0) is 11.3. The van der Waals surface area contributed by atoms with E-state index >= 15 is 0 Å². The van der Waals surface area contributed by atoms with Crippen LogP contribution in [-0.2, 0) is 12.8 Å². The Morgan fingerprint density at radius 3 is 2.94 bits per heavy atom. The minimum absolute atomic E-state index is 0.272. The summed E-state index contributed by atoms with van der Waals surface area (Å²) in [5.74, 6) is -0.272. The second kappa shape index (κ2) is 3.42. The van der Waals surface area contributed by atoms with Gasteiger partial charge < -0.3 is 0 Å². The van der Waals surface area contributed by atoms with Crippen molar-refractivity contribution < 1.29 is 4.39 Å². The molecule has 0 N–H and O–H groups in total. The Bertz CT molecular complexity index is 592. The summed E-state index contributed by atoms with van der Waals surface area (Å²) in [6.07, 6.45) is 2.95. The van der Waals surface area contributed by atoms with Crippen molar-refractivity contribution in [3.8, 4) is 0 Å². The molecule has 0 bridgehead atoms. The highest BCUT2D eigenvalue weighted by molar-refractivity contribution is 6.36. The minimum atomic E-state index is -0.272. The molecule has 1 aromatic carbocycles. The first-order valence-corrected chi connectivity index (χ1v) is 5.81. The average molecular weight is 236 g/mol. The van der Waals surface area contributed by atoms with Crippen LogP contribution in [0.4, 0.5) is 4.39 Å². The predicted octanol–water partition coefficient (Wildman–Crippen LogP) is 3.82. The second-order valence-corrected chi connectivity index (χ2v) is 4.73. The van der Waals surface area contributed by atoms with E-state index < -0.39 is 0 Å². The van der Waals surface area contributed by atoms with Gasteiger partial charge in [-0.05, 0) is 49.4 Å². The van der Waals surface area contributed by atoms with Crippen molar-refractivity contribution in [1.82, 2.24) is 4.98 Å². The lowest BCUT2D eigenvalue weighted by Gasteiger charge is -2.08. The van der Waals surface area contributed by atoms with E-state index in [9.17, 15) is 4.39 Å². The van der Waals surface area contributed by atoms with Crippen LogP contribution in [-0.4, -0.2) is 4.98 Å². The first-order valence-electron chi connectivity index (χ1n) is 5.44. The maximum atomic E-state index is 13.8. The van der Waals surface area contributed by atoms with Gasteiger partial charge in [-0.15, -0.1) is 0 Å². The van der Waals surface area contributed by atoms with Gasteiger partial charge in [-0.1, -0.05) is 11.6 Å². The van der Waals surface area contributed by atoms with E-state index in [1.54, 1.807) is 0 Å². The third-order valence-corrected chi connectivity index (χ3v) is 3.58. The number of fused-ring (bicyclic) bond motifs is 2. The molecule has 0 amide bonds. The standard InChI is InChI=1S/C13H11ClFN/c1-7-5-9-12(14)8-3-2-4-11(8)16-13(9)10(15)6-7/h5-6H,2-4H2,1H3. The zero-order valence-electron chi connectivity index (χ0n) is 8.98. The van der Waals surface area contributed by atoms with Crippen molar-refractivity contribution >= 4 is 22.5 Å². The van der Waals surface area contributed by atoms with Crippen LogP contribution < -0.4 is 0 Å². The molecule has 0 aliphatic heterocycles. The molecule has 0 atom stereocenters. The van der Waals surface area contributed by atoms with Crippen LogP contribution in [0.3, 0.4) is 0 Å². The monoisotopic (exact) mass is 235 g/mol. The van der Waals surface area contributed by atoms with E-state index in [1.165, 1.54) is 6.07 Å². The Labute approximate surface area is 98.3 Å². The van der Waals surface area contributed by atoms with Gasteiger partial charge in [-0.25, -0.2) is 9.37 Å². The number of halogens is 2. The zero-order valence-corrected chi connectivity index (χ0v) is 9.74. The number of aryl methyl sites for hydroxylation is 2. The summed E-state index contributed by atoms with van der Waals surface area (Å²) >= 11 is 6.32. The highest BCUT2D eigenvalue weighted by Gasteiger charge is 2.19. The van der Waals surface area contributed by atoms with Crippen LogP contribution in [0.25, 0.3) is 10.9 Å². The predicted molar refractivity (Wildman–Crippen MR) is 63.5 cm³/mol. The van der Waals surface area contributed by atoms with Crippen LogP contribution in [0, 0.1) is 12.7 Å². The molecule has 1 aliphatic carbocycles. The van der Waals surface area contributed by atoms with Crippen molar-refractivity contribution in [3.63, 3.8) is 0 Å². The highest BCUT2D eigenvalue weighted by atomic mass is 35.5. The summed E-state index contributed by atoms with van der Waals surface area (Å²) in [5, 5.41) is 1.44. The molecule has 82 valence electrons. The van der Waals surface area contributed by atoms with Gasteiger partial charge in [0.2, 0.25) is 0 Å². The van der Waals surface area contributed by atoms with Crippen molar-refractivity contribution in [3.05, 3.63) is 39.8 Å². The number of hydrogen-bond donors (Lipinski definition) is 0. The fourth-order valence-corrected chi connectivity index (χ4v) is 2.75. The molecule has 0 fully saturated rings. The van der Waals surface area contributed by atoms with E-state index in [2.05, 4.69) is 4.98 Å². The molecule has 3 rings (SSSR count). The molecular formula is C13H11ClFN. The van der Waals surface area contributed by atoms with Gasteiger partial charge in [0.15, 0.2) is 0 Å². The maximum absolute atomic E-state index is 13.8. The van der Waals surface area contributed by atoms with E-state index in [0.717, 1.165) is 41.5 Å². The fraction of sp³-hybridized carbons (Fsp3) is 0.308. The van der Waals surface area contributed by atoms with Gasteiger partial charge in [0.05, 0.1) is 5.02 Å². The van der Waals surface area contributed by atoms with Crippen molar-refractivity contribution in [2.75, 3.05) is 0 Å². The second-order valence-electron chi connectivity index (χ2n) is 4.35. The van der Waals surface area contributed by atoms with Gasteiger partial charge >= 0.3 is 0 Å². The molecule has 2 aromatic rings. The van der Waals surface area contributed by atoms with Crippen LogP contribution in [0.2, 0.25) is 5.02 Å².